The third kappa shape index (κ3) is 7.78. The summed E-state index contributed by atoms with van der Waals surface area (Å²) in [6.07, 6.45) is -1.17. The van der Waals surface area contributed by atoms with E-state index in [4.69, 9.17) is 4.74 Å². The largest absolute Gasteiger partial charge is 0.449 e. The van der Waals surface area contributed by atoms with Gasteiger partial charge in [0.2, 0.25) is 5.91 Å². The number of thioether (sulfide) groups is 1. The smallest absolute Gasteiger partial charge is 0.340 e. The molecule has 9 heteroatoms. The van der Waals surface area contributed by atoms with Crippen LogP contribution in [0.4, 0.5) is 10.5 Å². The zero-order valence-corrected chi connectivity index (χ0v) is 18.4. The number of nitrogens with one attached hydrogen (secondary N) is 3. The van der Waals surface area contributed by atoms with Crippen LogP contribution >= 0.6 is 11.8 Å². The highest BCUT2D eigenvalue weighted by Gasteiger charge is 2.22. The van der Waals surface area contributed by atoms with E-state index in [2.05, 4.69) is 16.0 Å². The van der Waals surface area contributed by atoms with Crippen molar-refractivity contribution in [2.24, 2.45) is 0 Å². The molecule has 0 heterocycles. The summed E-state index contributed by atoms with van der Waals surface area (Å²) >= 11 is 1.18. The molecule has 0 bridgehead atoms. The number of anilines is 1. The van der Waals surface area contributed by atoms with Gasteiger partial charge in [-0.3, -0.25) is 14.9 Å². The number of carbonyl (C=O) groups is 4. The number of hydrogen-bond acceptors (Lipinski definition) is 6. The minimum atomic E-state index is -1.17. The first-order chi connectivity index (χ1) is 14.8. The first-order valence-electron chi connectivity index (χ1n) is 9.68. The van der Waals surface area contributed by atoms with Crippen LogP contribution < -0.4 is 16.0 Å². The van der Waals surface area contributed by atoms with Crippen LogP contribution in [-0.2, 0) is 14.3 Å². The molecule has 0 aliphatic rings. The SMILES string of the molecule is CCNC(=O)NC(=O)C(C)OC(=O)c1ccccc1SCC(=O)Nc1ccc(C)cc1. The second-order valence-corrected chi connectivity index (χ2v) is 7.61. The van der Waals surface area contributed by atoms with Crippen LogP contribution in [0.2, 0.25) is 0 Å². The molecule has 2 aromatic rings. The minimum Gasteiger partial charge on any atom is -0.449 e. The third-order valence-electron chi connectivity index (χ3n) is 4.03. The van der Waals surface area contributed by atoms with Gasteiger partial charge in [-0.1, -0.05) is 29.8 Å². The lowest BCUT2D eigenvalue weighted by atomic mass is 10.2. The van der Waals surface area contributed by atoms with Crippen LogP contribution in [0.1, 0.15) is 29.8 Å². The fourth-order valence-electron chi connectivity index (χ4n) is 2.43. The van der Waals surface area contributed by atoms with Crippen LogP contribution in [0.3, 0.4) is 0 Å². The van der Waals surface area contributed by atoms with E-state index in [1.165, 1.54) is 18.7 Å². The lowest BCUT2D eigenvalue weighted by Crippen LogP contribution is -2.44. The van der Waals surface area contributed by atoms with Crippen molar-refractivity contribution >= 4 is 41.3 Å². The summed E-state index contributed by atoms with van der Waals surface area (Å²) in [6, 6.07) is 13.4. The molecule has 0 aromatic heterocycles. The van der Waals surface area contributed by atoms with Crippen molar-refractivity contribution in [1.29, 1.82) is 0 Å². The van der Waals surface area contributed by atoms with E-state index in [1.807, 2.05) is 31.2 Å². The molecule has 4 amide bonds. The Kier molecular flexibility index (Phi) is 9.08. The zero-order valence-electron chi connectivity index (χ0n) is 17.6. The van der Waals surface area contributed by atoms with Gasteiger partial charge in [-0.15, -0.1) is 11.8 Å². The molecular formula is C22H25N3O5S. The second-order valence-electron chi connectivity index (χ2n) is 6.60. The van der Waals surface area contributed by atoms with Crippen LogP contribution in [0.25, 0.3) is 0 Å². The predicted molar refractivity (Wildman–Crippen MR) is 119 cm³/mol. The summed E-state index contributed by atoms with van der Waals surface area (Å²) < 4.78 is 5.19. The normalized spacial score (nSPS) is 11.2. The van der Waals surface area contributed by atoms with Gasteiger partial charge in [0.1, 0.15) is 0 Å². The van der Waals surface area contributed by atoms with E-state index in [9.17, 15) is 19.2 Å². The first-order valence-corrected chi connectivity index (χ1v) is 10.7. The molecule has 1 atom stereocenters. The van der Waals surface area contributed by atoms with Crippen molar-refractivity contribution in [2.45, 2.75) is 31.8 Å². The van der Waals surface area contributed by atoms with Gasteiger partial charge >= 0.3 is 12.0 Å². The maximum atomic E-state index is 12.5. The monoisotopic (exact) mass is 443 g/mol. The Morgan fingerprint density at radius 2 is 1.71 bits per heavy atom. The molecule has 31 heavy (non-hydrogen) atoms. The van der Waals surface area contributed by atoms with E-state index in [-0.39, 0.29) is 17.2 Å². The van der Waals surface area contributed by atoms with Gasteiger partial charge in [0.25, 0.3) is 5.91 Å². The van der Waals surface area contributed by atoms with Crippen molar-refractivity contribution in [3.8, 4) is 0 Å². The van der Waals surface area contributed by atoms with Gasteiger partial charge in [-0.2, -0.15) is 0 Å². The molecule has 0 aliphatic heterocycles. The summed E-state index contributed by atoms with van der Waals surface area (Å²) in [4.78, 5) is 48.7. The maximum Gasteiger partial charge on any atom is 0.340 e. The maximum absolute atomic E-state index is 12.5. The molecule has 0 aliphatic carbocycles. The predicted octanol–water partition coefficient (Wildman–Crippen LogP) is 3.12. The molecule has 3 N–H and O–H groups in total. The van der Waals surface area contributed by atoms with Crippen LogP contribution in [-0.4, -0.2) is 42.2 Å². The number of urea groups is 1. The highest BCUT2D eigenvalue weighted by atomic mass is 32.2. The number of esters is 1. The van der Waals surface area contributed by atoms with Crippen molar-refractivity contribution in [1.82, 2.24) is 10.6 Å². The number of benzene rings is 2. The molecule has 0 saturated carbocycles. The first kappa shape index (κ1) is 23.9. The third-order valence-corrected chi connectivity index (χ3v) is 5.10. The number of imide groups is 1. The quantitative estimate of drug-likeness (QED) is 0.427. The topological polar surface area (TPSA) is 114 Å². The zero-order chi connectivity index (χ0) is 22.8. The van der Waals surface area contributed by atoms with E-state index in [0.717, 1.165) is 5.56 Å². The Bertz CT molecular complexity index is 946. The molecule has 1 unspecified atom stereocenters. The Morgan fingerprint density at radius 1 is 1.03 bits per heavy atom. The number of hydrogen-bond donors (Lipinski definition) is 3. The molecule has 0 radical (unpaired) electrons. The average molecular weight is 444 g/mol. The number of aryl methyl sites for hydroxylation is 1. The van der Waals surface area contributed by atoms with Gasteiger partial charge in [0.15, 0.2) is 6.10 Å². The van der Waals surface area contributed by atoms with E-state index < -0.39 is 24.0 Å². The van der Waals surface area contributed by atoms with E-state index in [0.29, 0.717) is 17.1 Å². The fraction of sp³-hybridized carbons (Fsp3) is 0.273. The second kappa shape index (κ2) is 11.8. The Balaban J connectivity index is 1.95. The van der Waals surface area contributed by atoms with Crippen LogP contribution in [0.5, 0.6) is 0 Å². The Morgan fingerprint density at radius 3 is 2.39 bits per heavy atom. The summed E-state index contributed by atoms with van der Waals surface area (Å²) in [6.45, 7) is 5.40. The van der Waals surface area contributed by atoms with Crippen molar-refractivity contribution < 1.29 is 23.9 Å². The van der Waals surface area contributed by atoms with Crippen LogP contribution in [0.15, 0.2) is 53.4 Å². The summed E-state index contributed by atoms with van der Waals surface area (Å²) in [5.41, 5.74) is 2.01. The van der Waals surface area contributed by atoms with Gasteiger partial charge < -0.3 is 15.4 Å². The molecule has 2 rings (SSSR count). The highest BCUT2D eigenvalue weighted by Crippen LogP contribution is 2.24. The van der Waals surface area contributed by atoms with E-state index >= 15 is 0 Å². The fourth-order valence-corrected chi connectivity index (χ4v) is 3.27. The standard InChI is InChI=1S/C22H25N3O5S/c1-4-23-22(29)25-20(27)15(3)30-21(28)17-7-5-6-8-18(17)31-13-19(26)24-16-11-9-14(2)10-12-16/h5-12,15H,4,13H2,1-3H3,(H,24,26)(H2,23,25,27,29). The number of carbonyl (C=O) groups excluding carboxylic acids is 4. The van der Waals surface area contributed by atoms with Gasteiger partial charge in [0.05, 0.1) is 11.3 Å². The number of rotatable bonds is 8. The van der Waals surface area contributed by atoms with Crippen molar-refractivity contribution in [3.63, 3.8) is 0 Å². The van der Waals surface area contributed by atoms with Gasteiger partial charge in [-0.25, -0.2) is 9.59 Å². The summed E-state index contributed by atoms with van der Waals surface area (Å²) in [7, 11) is 0. The van der Waals surface area contributed by atoms with Gasteiger partial charge in [0, 0.05) is 17.1 Å². The van der Waals surface area contributed by atoms with Gasteiger partial charge in [-0.05, 0) is 45.0 Å². The van der Waals surface area contributed by atoms with E-state index in [1.54, 1.807) is 31.2 Å². The van der Waals surface area contributed by atoms with Crippen molar-refractivity contribution in [2.75, 3.05) is 17.6 Å². The summed E-state index contributed by atoms with van der Waals surface area (Å²) in [5.74, 6) is -1.58. The lowest BCUT2D eigenvalue weighted by molar-refractivity contribution is -0.127. The molecule has 8 nitrogen and oxygen atoms in total. The van der Waals surface area contributed by atoms with Crippen molar-refractivity contribution in [3.05, 3.63) is 59.7 Å². The number of amides is 4. The average Bonchev–Trinajstić information content (AvgIpc) is 2.74. The molecule has 164 valence electrons. The highest BCUT2D eigenvalue weighted by molar-refractivity contribution is 8.00. The Labute approximate surface area is 185 Å². The Hall–Kier alpha value is -3.33. The summed E-state index contributed by atoms with van der Waals surface area (Å²) in [5, 5.41) is 7.31. The molecular weight excluding hydrogens is 418 g/mol. The molecule has 0 saturated heterocycles. The molecule has 0 fully saturated rings. The lowest BCUT2D eigenvalue weighted by Gasteiger charge is -2.14. The molecule has 0 spiro atoms. The molecule has 2 aromatic carbocycles. The minimum absolute atomic E-state index is 0.0887. The number of ether oxygens (including phenoxy) is 1. The van der Waals surface area contributed by atoms with Crippen LogP contribution in [0, 0.1) is 6.92 Å².